The number of nitrogens with one attached hydrogen (secondary N) is 2. The Bertz CT molecular complexity index is 874. The number of benzene rings is 3. The Balaban J connectivity index is 1.63. The van der Waals surface area contributed by atoms with Crippen molar-refractivity contribution >= 4 is 28.1 Å². The summed E-state index contributed by atoms with van der Waals surface area (Å²) in [5.41, 5.74) is 1.60. The normalized spacial score (nSPS) is 10.7. The van der Waals surface area contributed by atoms with Crippen molar-refractivity contribution in [3.63, 3.8) is 0 Å². The highest BCUT2D eigenvalue weighted by molar-refractivity contribution is 5.95. The van der Waals surface area contributed by atoms with E-state index in [-0.39, 0.29) is 18.6 Å². The van der Waals surface area contributed by atoms with Gasteiger partial charge in [0.25, 0.3) is 0 Å². The number of anilines is 2. The van der Waals surface area contributed by atoms with Crippen LogP contribution in [0.4, 0.5) is 11.4 Å². The fraction of sp³-hybridized carbons (Fsp3) is 0.190. The first-order chi connectivity index (χ1) is 12.1. The first kappa shape index (κ1) is 16.8. The van der Waals surface area contributed by atoms with Gasteiger partial charge in [-0.2, -0.15) is 0 Å². The van der Waals surface area contributed by atoms with Crippen LogP contribution in [0.3, 0.4) is 0 Å². The molecule has 0 saturated heterocycles. The summed E-state index contributed by atoms with van der Waals surface area (Å²) in [7, 11) is 0. The average molecular weight is 334 g/mol. The maximum absolute atomic E-state index is 12.3. The van der Waals surface area contributed by atoms with E-state index in [2.05, 4.69) is 22.8 Å². The molecule has 0 atom stereocenters. The molecule has 2 N–H and O–H groups in total. The second-order valence-corrected chi connectivity index (χ2v) is 6.13. The van der Waals surface area contributed by atoms with Crippen molar-refractivity contribution in [2.24, 2.45) is 0 Å². The van der Waals surface area contributed by atoms with Crippen LogP contribution in [-0.2, 0) is 4.79 Å². The maximum Gasteiger partial charge on any atom is 0.243 e. The van der Waals surface area contributed by atoms with Crippen molar-refractivity contribution in [2.45, 2.75) is 20.0 Å². The molecule has 0 spiro atoms. The molecule has 0 saturated carbocycles. The Morgan fingerprint density at radius 3 is 2.48 bits per heavy atom. The number of hydrogen-bond donors (Lipinski definition) is 2. The van der Waals surface area contributed by atoms with Gasteiger partial charge in [-0.15, -0.1) is 0 Å². The van der Waals surface area contributed by atoms with Gasteiger partial charge in [0.15, 0.2) is 0 Å². The van der Waals surface area contributed by atoms with Crippen molar-refractivity contribution in [2.75, 3.05) is 17.2 Å². The molecule has 0 heterocycles. The van der Waals surface area contributed by atoms with E-state index in [1.54, 1.807) is 0 Å². The van der Waals surface area contributed by atoms with Gasteiger partial charge in [-0.05, 0) is 48.9 Å². The van der Waals surface area contributed by atoms with Gasteiger partial charge >= 0.3 is 0 Å². The highest BCUT2D eigenvalue weighted by Gasteiger charge is 2.08. The molecule has 4 heteroatoms. The van der Waals surface area contributed by atoms with Gasteiger partial charge in [-0.25, -0.2) is 0 Å². The van der Waals surface area contributed by atoms with E-state index >= 15 is 0 Å². The fourth-order valence-electron chi connectivity index (χ4n) is 2.60. The molecule has 1 amide bonds. The SMILES string of the molecule is CC(C)Oc1ccccc1NC(=O)CNc1ccc2ccccc2c1. The lowest BCUT2D eigenvalue weighted by molar-refractivity contribution is -0.114. The summed E-state index contributed by atoms with van der Waals surface area (Å²) in [4.78, 5) is 12.3. The van der Waals surface area contributed by atoms with Crippen LogP contribution in [0.1, 0.15) is 13.8 Å². The average Bonchev–Trinajstić information content (AvgIpc) is 2.61. The van der Waals surface area contributed by atoms with Gasteiger partial charge < -0.3 is 15.4 Å². The molecule has 0 bridgehead atoms. The highest BCUT2D eigenvalue weighted by Crippen LogP contribution is 2.25. The van der Waals surface area contributed by atoms with Crippen LogP contribution in [0, 0.1) is 0 Å². The zero-order valence-electron chi connectivity index (χ0n) is 14.5. The second kappa shape index (κ2) is 7.71. The molecule has 3 rings (SSSR count). The Kier molecular flexibility index (Phi) is 5.19. The molecule has 3 aromatic carbocycles. The monoisotopic (exact) mass is 334 g/mol. The molecule has 0 aromatic heterocycles. The van der Waals surface area contributed by atoms with Crippen molar-refractivity contribution < 1.29 is 9.53 Å². The highest BCUT2D eigenvalue weighted by atomic mass is 16.5. The number of hydrogen-bond acceptors (Lipinski definition) is 3. The van der Waals surface area contributed by atoms with E-state index in [0.717, 1.165) is 11.1 Å². The minimum absolute atomic E-state index is 0.0498. The molecular weight excluding hydrogens is 312 g/mol. The molecule has 0 unspecified atom stereocenters. The third kappa shape index (κ3) is 4.51. The summed E-state index contributed by atoms with van der Waals surface area (Å²) in [5.74, 6) is 0.560. The molecule has 0 aliphatic heterocycles. The minimum Gasteiger partial charge on any atom is -0.489 e. The standard InChI is InChI=1S/C21H22N2O2/c1-15(2)25-20-10-6-5-9-19(20)23-21(24)14-22-18-12-11-16-7-3-4-8-17(16)13-18/h3-13,15,22H,14H2,1-2H3,(H,23,24). The number of fused-ring (bicyclic) bond motifs is 1. The predicted octanol–water partition coefficient (Wildman–Crippen LogP) is 4.68. The van der Waals surface area contributed by atoms with E-state index < -0.39 is 0 Å². The summed E-state index contributed by atoms with van der Waals surface area (Å²) < 4.78 is 5.72. The van der Waals surface area contributed by atoms with E-state index in [1.807, 2.05) is 68.4 Å². The largest absolute Gasteiger partial charge is 0.489 e. The van der Waals surface area contributed by atoms with Crippen LogP contribution in [0.15, 0.2) is 66.7 Å². The van der Waals surface area contributed by atoms with Crippen LogP contribution in [0.5, 0.6) is 5.75 Å². The summed E-state index contributed by atoms with van der Waals surface area (Å²) in [5, 5.41) is 8.38. The van der Waals surface area contributed by atoms with Gasteiger partial charge in [0.2, 0.25) is 5.91 Å². The summed E-state index contributed by atoms with van der Waals surface area (Å²) in [6.07, 6.45) is 0.0498. The van der Waals surface area contributed by atoms with Gasteiger partial charge in [0, 0.05) is 5.69 Å². The minimum atomic E-state index is -0.118. The third-order valence-corrected chi connectivity index (χ3v) is 3.73. The fourth-order valence-corrected chi connectivity index (χ4v) is 2.60. The quantitative estimate of drug-likeness (QED) is 0.688. The molecule has 3 aromatic rings. The van der Waals surface area contributed by atoms with Crippen molar-refractivity contribution in [3.8, 4) is 5.75 Å². The first-order valence-electron chi connectivity index (χ1n) is 8.40. The Hall–Kier alpha value is -3.01. The smallest absolute Gasteiger partial charge is 0.243 e. The number of para-hydroxylation sites is 2. The van der Waals surface area contributed by atoms with Crippen LogP contribution < -0.4 is 15.4 Å². The first-order valence-corrected chi connectivity index (χ1v) is 8.40. The van der Waals surface area contributed by atoms with Crippen LogP contribution in [0.25, 0.3) is 10.8 Å². The molecule has 128 valence electrons. The van der Waals surface area contributed by atoms with Gasteiger partial charge in [-0.1, -0.05) is 42.5 Å². The molecular formula is C21H22N2O2. The van der Waals surface area contributed by atoms with E-state index in [0.29, 0.717) is 11.4 Å². The molecule has 25 heavy (non-hydrogen) atoms. The zero-order valence-corrected chi connectivity index (χ0v) is 14.5. The van der Waals surface area contributed by atoms with Crippen LogP contribution in [0.2, 0.25) is 0 Å². The zero-order chi connectivity index (χ0) is 17.6. The topological polar surface area (TPSA) is 50.4 Å². The lowest BCUT2D eigenvalue weighted by Crippen LogP contribution is -2.22. The second-order valence-electron chi connectivity index (χ2n) is 6.13. The van der Waals surface area contributed by atoms with Crippen molar-refractivity contribution in [1.82, 2.24) is 0 Å². The number of ether oxygens (including phenoxy) is 1. The molecule has 0 fully saturated rings. The Morgan fingerprint density at radius 1 is 0.960 bits per heavy atom. The van der Waals surface area contributed by atoms with E-state index in [1.165, 1.54) is 5.39 Å². The van der Waals surface area contributed by atoms with Crippen LogP contribution >= 0.6 is 0 Å². The number of carbonyl (C=O) groups is 1. The molecule has 0 aliphatic carbocycles. The van der Waals surface area contributed by atoms with Gasteiger partial charge in [0.1, 0.15) is 5.75 Å². The number of rotatable bonds is 6. The number of carbonyl (C=O) groups excluding carboxylic acids is 1. The molecule has 0 aliphatic rings. The van der Waals surface area contributed by atoms with Crippen molar-refractivity contribution in [3.05, 3.63) is 66.7 Å². The lowest BCUT2D eigenvalue weighted by Gasteiger charge is -2.15. The van der Waals surface area contributed by atoms with Gasteiger partial charge in [0.05, 0.1) is 18.3 Å². The van der Waals surface area contributed by atoms with Crippen molar-refractivity contribution in [1.29, 1.82) is 0 Å². The summed E-state index contributed by atoms with van der Waals surface area (Å²) in [6.45, 7) is 4.11. The Morgan fingerprint density at radius 2 is 1.68 bits per heavy atom. The Labute approximate surface area is 147 Å². The van der Waals surface area contributed by atoms with Crippen LogP contribution in [-0.4, -0.2) is 18.6 Å². The number of amides is 1. The maximum atomic E-state index is 12.3. The predicted molar refractivity (Wildman–Crippen MR) is 103 cm³/mol. The molecule has 4 nitrogen and oxygen atoms in total. The van der Waals surface area contributed by atoms with Gasteiger partial charge in [-0.3, -0.25) is 4.79 Å². The molecule has 0 radical (unpaired) electrons. The lowest BCUT2D eigenvalue weighted by atomic mass is 10.1. The van der Waals surface area contributed by atoms with E-state index in [4.69, 9.17) is 4.74 Å². The summed E-state index contributed by atoms with van der Waals surface area (Å²) in [6, 6.07) is 21.7. The third-order valence-electron chi connectivity index (χ3n) is 3.73. The van der Waals surface area contributed by atoms with E-state index in [9.17, 15) is 4.79 Å². The summed E-state index contributed by atoms with van der Waals surface area (Å²) >= 11 is 0.